The molecule has 23 heavy (non-hydrogen) atoms. The summed E-state index contributed by atoms with van der Waals surface area (Å²) in [6.45, 7) is 8.22. The molecule has 1 fully saturated rings. The standard InChI is InChI=1S/C17H25BO4S/c1-16(2)17(3,4)22-18(21-16)14-8-6-13(7-9-14)12-23-11-10-15(19)20-5/h6-9H,10-12H2,1-5H3. The van der Waals surface area contributed by atoms with Gasteiger partial charge in [-0.2, -0.15) is 11.8 Å². The molecule has 0 radical (unpaired) electrons. The van der Waals surface area contributed by atoms with Gasteiger partial charge in [-0.05, 0) is 38.7 Å². The molecular weight excluding hydrogens is 311 g/mol. The Bertz CT molecular complexity index is 526. The zero-order chi connectivity index (χ0) is 17.1. The number of methoxy groups -OCH3 is 1. The van der Waals surface area contributed by atoms with E-state index < -0.39 is 0 Å². The Balaban J connectivity index is 1.87. The van der Waals surface area contributed by atoms with Crippen LogP contribution in [0.2, 0.25) is 0 Å². The molecule has 4 nitrogen and oxygen atoms in total. The first-order valence-electron chi connectivity index (χ1n) is 7.84. The van der Waals surface area contributed by atoms with Gasteiger partial charge in [-0.15, -0.1) is 0 Å². The SMILES string of the molecule is COC(=O)CCSCc1ccc(B2OC(C)(C)C(C)(C)O2)cc1. The number of carbonyl (C=O) groups excluding carboxylic acids is 1. The molecule has 0 amide bonds. The highest BCUT2D eigenvalue weighted by atomic mass is 32.2. The number of thioether (sulfide) groups is 1. The van der Waals surface area contributed by atoms with Crippen molar-refractivity contribution >= 4 is 30.3 Å². The molecule has 0 spiro atoms. The average molecular weight is 336 g/mol. The van der Waals surface area contributed by atoms with Crippen LogP contribution in [-0.4, -0.2) is 37.2 Å². The van der Waals surface area contributed by atoms with E-state index in [0.717, 1.165) is 17.0 Å². The van der Waals surface area contributed by atoms with Gasteiger partial charge in [0.2, 0.25) is 0 Å². The summed E-state index contributed by atoms with van der Waals surface area (Å²) < 4.78 is 16.7. The first kappa shape index (κ1) is 18.4. The summed E-state index contributed by atoms with van der Waals surface area (Å²) >= 11 is 1.72. The van der Waals surface area contributed by atoms with Crippen LogP contribution in [0.1, 0.15) is 39.7 Å². The second kappa shape index (κ2) is 7.28. The quantitative estimate of drug-likeness (QED) is 0.454. The lowest BCUT2D eigenvalue weighted by Crippen LogP contribution is -2.41. The van der Waals surface area contributed by atoms with E-state index in [4.69, 9.17) is 9.31 Å². The maximum atomic E-state index is 11.1. The van der Waals surface area contributed by atoms with Gasteiger partial charge in [0.25, 0.3) is 0 Å². The van der Waals surface area contributed by atoms with Gasteiger partial charge in [0.15, 0.2) is 0 Å². The van der Waals surface area contributed by atoms with E-state index >= 15 is 0 Å². The zero-order valence-corrected chi connectivity index (χ0v) is 15.4. The highest BCUT2D eigenvalue weighted by Gasteiger charge is 2.51. The average Bonchev–Trinajstić information content (AvgIpc) is 2.72. The smallest absolute Gasteiger partial charge is 0.469 e. The van der Waals surface area contributed by atoms with Crippen molar-refractivity contribution in [3.05, 3.63) is 29.8 Å². The molecule has 1 saturated heterocycles. The van der Waals surface area contributed by atoms with E-state index in [9.17, 15) is 4.79 Å². The van der Waals surface area contributed by atoms with Crippen molar-refractivity contribution in [1.82, 2.24) is 0 Å². The number of benzene rings is 1. The lowest BCUT2D eigenvalue weighted by Gasteiger charge is -2.32. The van der Waals surface area contributed by atoms with Gasteiger partial charge in [0.1, 0.15) is 0 Å². The summed E-state index contributed by atoms with van der Waals surface area (Å²) in [5.74, 6) is 1.49. The van der Waals surface area contributed by atoms with Crippen molar-refractivity contribution in [2.75, 3.05) is 12.9 Å². The van der Waals surface area contributed by atoms with Gasteiger partial charge in [0, 0.05) is 11.5 Å². The van der Waals surface area contributed by atoms with Crippen LogP contribution in [-0.2, 0) is 24.6 Å². The Morgan fingerprint density at radius 1 is 1.13 bits per heavy atom. The van der Waals surface area contributed by atoms with Crippen LogP contribution in [0.25, 0.3) is 0 Å². The monoisotopic (exact) mass is 336 g/mol. The summed E-state index contributed by atoms with van der Waals surface area (Å²) in [5, 5.41) is 0. The predicted molar refractivity (Wildman–Crippen MR) is 95.0 cm³/mol. The molecule has 0 saturated carbocycles. The Hall–Kier alpha value is -0.975. The summed E-state index contributed by atoms with van der Waals surface area (Å²) in [6.07, 6.45) is 0.452. The van der Waals surface area contributed by atoms with E-state index in [1.165, 1.54) is 12.7 Å². The molecule has 0 aliphatic carbocycles. The van der Waals surface area contributed by atoms with Crippen molar-refractivity contribution in [3.8, 4) is 0 Å². The fourth-order valence-corrected chi connectivity index (χ4v) is 3.08. The molecule has 0 bridgehead atoms. The summed E-state index contributed by atoms with van der Waals surface area (Å²) in [4.78, 5) is 11.1. The van der Waals surface area contributed by atoms with Crippen LogP contribution < -0.4 is 5.46 Å². The molecule has 1 aliphatic heterocycles. The van der Waals surface area contributed by atoms with Gasteiger partial charge in [-0.25, -0.2) is 0 Å². The third-order valence-corrected chi connectivity index (χ3v) is 5.48. The van der Waals surface area contributed by atoms with Gasteiger partial charge < -0.3 is 14.0 Å². The van der Waals surface area contributed by atoms with Crippen molar-refractivity contribution in [3.63, 3.8) is 0 Å². The Morgan fingerprint density at radius 3 is 2.22 bits per heavy atom. The summed E-state index contributed by atoms with van der Waals surface area (Å²) in [7, 11) is 1.10. The van der Waals surface area contributed by atoms with Crippen LogP contribution in [0, 0.1) is 0 Å². The molecular formula is C17H25BO4S. The zero-order valence-electron chi connectivity index (χ0n) is 14.5. The van der Waals surface area contributed by atoms with Gasteiger partial charge in [0.05, 0.1) is 24.7 Å². The second-order valence-electron chi connectivity index (χ2n) is 6.71. The first-order valence-corrected chi connectivity index (χ1v) is 9.00. The second-order valence-corrected chi connectivity index (χ2v) is 7.81. The number of rotatable bonds is 6. The molecule has 6 heteroatoms. The Kier molecular flexibility index (Phi) is 5.81. The van der Waals surface area contributed by atoms with Gasteiger partial charge in [-0.3, -0.25) is 4.79 Å². The Morgan fingerprint density at radius 2 is 1.70 bits per heavy atom. The van der Waals surface area contributed by atoms with Crippen molar-refractivity contribution in [2.24, 2.45) is 0 Å². The van der Waals surface area contributed by atoms with Gasteiger partial charge in [-0.1, -0.05) is 24.3 Å². The molecule has 0 unspecified atom stereocenters. The Labute approximate surface area is 143 Å². The minimum absolute atomic E-state index is 0.159. The van der Waals surface area contributed by atoms with Crippen LogP contribution in [0.3, 0.4) is 0 Å². The molecule has 1 aliphatic rings. The maximum Gasteiger partial charge on any atom is 0.494 e. The molecule has 0 atom stereocenters. The molecule has 0 N–H and O–H groups in total. The van der Waals surface area contributed by atoms with Crippen LogP contribution >= 0.6 is 11.8 Å². The van der Waals surface area contributed by atoms with Crippen molar-refractivity contribution in [1.29, 1.82) is 0 Å². The minimum atomic E-state index is -0.319. The number of hydrogen-bond acceptors (Lipinski definition) is 5. The highest BCUT2D eigenvalue weighted by molar-refractivity contribution is 7.98. The number of hydrogen-bond donors (Lipinski definition) is 0. The lowest BCUT2D eigenvalue weighted by atomic mass is 9.79. The maximum absolute atomic E-state index is 11.1. The molecule has 0 aromatic heterocycles. The van der Waals surface area contributed by atoms with Crippen LogP contribution in [0.5, 0.6) is 0 Å². The number of esters is 1. The van der Waals surface area contributed by atoms with Crippen molar-refractivity contribution in [2.45, 2.75) is 51.1 Å². The van der Waals surface area contributed by atoms with Gasteiger partial charge >= 0.3 is 13.1 Å². The van der Waals surface area contributed by atoms with E-state index in [1.807, 2.05) is 0 Å². The van der Waals surface area contributed by atoms with E-state index in [1.54, 1.807) is 11.8 Å². The summed E-state index contributed by atoms with van der Waals surface area (Å²) in [5.41, 5.74) is 1.62. The topological polar surface area (TPSA) is 44.8 Å². The fourth-order valence-electron chi connectivity index (χ4n) is 2.20. The number of ether oxygens (including phenoxy) is 1. The molecule has 126 valence electrons. The third kappa shape index (κ3) is 4.52. The molecule has 2 rings (SSSR count). The molecule has 1 aromatic rings. The summed E-state index contributed by atoms with van der Waals surface area (Å²) in [6, 6.07) is 8.29. The molecule has 1 heterocycles. The third-order valence-electron chi connectivity index (χ3n) is 4.45. The molecule has 1 aromatic carbocycles. The minimum Gasteiger partial charge on any atom is -0.469 e. The fraction of sp³-hybridized carbons (Fsp3) is 0.588. The highest BCUT2D eigenvalue weighted by Crippen LogP contribution is 2.36. The predicted octanol–water partition coefficient (Wildman–Crippen LogP) is 2.78. The number of carbonyl (C=O) groups is 1. The van der Waals surface area contributed by atoms with E-state index in [-0.39, 0.29) is 24.3 Å². The lowest BCUT2D eigenvalue weighted by molar-refractivity contribution is -0.140. The normalized spacial score (nSPS) is 18.9. The van der Waals surface area contributed by atoms with Crippen LogP contribution in [0.15, 0.2) is 24.3 Å². The van der Waals surface area contributed by atoms with Crippen LogP contribution in [0.4, 0.5) is 0 Å². The van der Waals surface area contributed by atoms with E-state index in [0.29, 0.717) is 6.42 Å². The van der Waals surface area contributed by atoms with E-state index in [2.05, 4.69) is 56.7 Å². The van der Waals surface area contributed by atoms with Crippen molar-refractivity contribution < 1.29 is 18.8 Å². The first-order chi connectivity index (χ1) is 10.7. The largest absolute Gasteiger partial charge is 0.494 e.